The van der Waals surface area contributed by atoms with Crippen molar-refractivity contribution in [3.05, 3.63) is 100 Å². The van der Waals surface area contributed by atoms with E-state index in [1.54, 1.807) is 18.2 Å². The van der Waals surface area contributed by atoms with E-state index in [4.69, 9.17) is 0 Å². The Hall–Kier alpha value is -4.06. The number of pyridine rings is 1. The smallest absolute Gasteiger partial charge is 0.292 e. The van der Waals surface area contributed by atoms with Crippen LogP contribution in [0.1, 0.15) is 15.9 Å². The van der Waals surface area contributed by atoms with E-state index < -0.39 is 10.8 Å². The molecule has 0 saturated carbocycles. The van der Waals surface area contributed by atoms with Crippen molar-refractivity contribution in [3.8, 4) is 11.3 Å². The van der Waals surface area contributed by atoms with Crippen LogP contribution in [0, 0.1) is 17.0 Å². The van der Waals surface area contributed by atoms with E-state index in [0.29, 0.717) is 22.2 Å². The molecule has 0 atom stereocenters. The number of aromatic nitrogens is 1. The first-order chi connectivity index (χ1) is 14.0. The second kappa shape index (κ2) is 7.52. The Bertz CT molecular complexity index is 1230. The van der Waals surface area contributed by atoms with Crippen molar-refractivity contribution < 1.29 is 9.72 Å². The van der Waals surface area contributed by atoms with E-state index in [-0.39, 0.29) is 11.4 Å². The fraction of sp³-hybridized carbons (Fsp3) is 0.0435. The van der Waals surface area contributed by atoms with Crippen LogP contribution in [0.15, 0.2) is 78.9 Å². The van der Waals surface area contributed by atoms with E-state index >= 15 is 0 Å². The minimum Gasteiger partial charge on any atom is -0.316 e. The van der Waals surface area contributed by atoms with Gasteiger partial charge in [-0.05, 0) is 25.1 Å². The first-order valence-corrected chi connectivity index (χ1v) is 9.04. The van der Waals surface area contributed by atoms with Gasteiger partial charge in [-0.2, -0.15) is 0 Å². The number of carbonyl (C=O) groups excluding carboxylic acids is 1. The predicted octanol–water partition coefficient (Wildman–Crippen LogP) is 5.37. The molecule has 6 heteroatoms. The monoisotopic (exact) mass is 383 g/mol. The topological polar surface area (TPSA) is 85.1 Å². The molecule has 3 aromatic carbocycles. The molecule has 1 heterocycles. The lowest BCUT2D eigenvalue weighted by Gasteiger charge is -2.11. The van der Waals surface area contributed by atoms with Crippen molar-refractivity contribution in [2.45, 2.75) is 6.92 Å². The Morgan fingerprint density at radius 3 is 2.41 bits per heavy atom. The third kappa shape index (κ3) is 3.68. The van der Waals surface area contributed by atoms with E-state index in [1.807, 2.05) is 55.5 Å². The summed E-state index contributed by atoms with van der Waals surface area (Å²) in [6, 6.07) is 23.0. The van der Waals surface area contributed by atoms with Gasteiger partial charge in [-0.15, -0.1) is 0 Å². The number of benzene rings is 3. The summed E-state index contributed by atoms with van der Waals surface area (Å²) < 4.78 is 0. The summed E-state index contributed by atoms with van der Waals surface area (Å²) in [6.45, 7) is 2.00. The average molecular weight is 383 g/mol. The van der Waals surface area contributed by atoms with Gasteiger partial charge in [0.25, 0.3) is 11.6 Å². The van der Waals surface area contributed by atoms with Crippen molar-refractivity contribution in [1.82, 2.24) is 4.98 Å². The van der Waals surface area contributed by atoms with Gasteiger partial charge >= 0.3 is 0 Å². The van der Waals surface area contributed by atoms with E-state index in [9.17, 15) is 14.9 Å². The summed E-state index contributed by atoms with van der Waals surface area (Å²) in [5, 5.41) is 14.6. The number of para-hydroxylation sites is 3. The summed E-state index contributed by atoms with van der Waals surface area (Å²) >= 11 is 0. The van der Waals surface area contributed by atoms with Crippen molar-refractivity contribution >= 4 is 28.2 Å². The summed E-state index contributed by atoms with van der Waals surface area (Å²) in [5.41, 5.74) is 3.77. The molecule has 4 aromatic rings. The molecular weight excluding hydrogens is 366 g/mol. The molecular formula is C23H17N3O3. The predicted molar refractivity (Wildman–Crippen MR) is 113 cm³/mol. The van der Waals surface area contributed by atoms with Gasteiger partial charge in [0.1, 0.15) is 5.69 Å². The van der Waals surface area contributed by atoms with Crippen molar-refractivity contribution in [3.63, 3.8) is 0 Å². The highest BCUT2D eigenvalue weighted by atomic mass is 16.6. The van der Waals surface area contributed by atoms with E-state index in [0.717, 1.165) is 11.1 Å². The number of nitrogens with zero attached hydrogens (tertiary/aromatic N) is 2. The highest BCUT2D eigenvalue weighted by molar-refractivity contribution is 6.13. The Kier molecular flexibility index (Phi) is 4.75. The minimum atomic E-state index is -0.516. The molecule has 0 aliphatic carbocycles. The van der Waals surface area contributed by atoms with Gasteiger partial charge in [-0.25, -0.2) is 4.98 Å². The molecule has 4 rings (SSSR count). The zero-order valence-electron chi connectivity index (χ0n) is 15.6. The molecule has 1 N–H and O–H groups in total. The number of anilines is 1. The minimum absolute atomic E-state index is 0.153. The Labute approximate surface area is 167 Å². The normalized spacial score (nSPS) is 10.7. The molecule has 0 bridgehead atoms. The fourth-order valence-electron chi connectivity index (χ4n) is 3.16. The van der Waals surface area contributed by atoms with Crippen LogP contribution in [0.5, 0.6) is 0 Å². The highest BCUT2D eigenvalue weighted by Crippen LogP contribution is 2.28. The molecule has 29 heavy (non-hydrogen) atoms. The number of carbonyl (C=O) groups is 1. The third-order valence-electron chi connectivity index (χ3n) is 4.66. The van der Waals surface area contributed by atoms with Gasteiger partial charge in [-0.3, -0.25) is 14.9 Å². The molecule has 0 radical (unpaired) electrons. The van der Waals surface area contributed by atoms with Crippen LogP contribution in [0.3, 0.4) is 0 Å². The largest absolute Gasteiger partial charge is 0.316 e. The maximum Gasteiger partial charge on any atom is 0.292 e. The van der Waals surface area contributed by atoms with Crippen LogP contribution in [-0.2, 0) is 0 Å². The third-order valence-corrected chi connectivity index (χ3v) is 4.66. The number of nitro benzene ring substituents is 1. The maximum absolute atomic E-state index is 13.1. The van der Waals surface area contributed by atoms with Gasteiger partial charge < -0.3 is 5.32 Å². The number of hydrogen-bond acceptors (Lipinski definition) is 4. The number of nitrogens with one attached hydrogen (secondary N) is 1. The first-order valence-electron chi connectivity index (χ1n) is 9.04. The molecule has 1 amide bonds. The number of hydrogen-bond donors (Lipinski definition) is 1. The maximum atomic E-state index is 13.1. The number of fused-ring (bicyclic) bond motifs is 1. The fourth-order valence-corrected chi connectivity index (χ4v) is 3.16. The van der Waals surface area contributed by atoms with Gasteiger partial charge in [0.2, 0.25) is 0 Å². The lowest BCUT2D eigenvalue weighted by atomic mass is 10.0. The zero-order valence-corrected chi connectivity index (χ0v) is 15.6. The van der Waals surface area contributed by atoms with Crippen molar-refractivity contribution in [2.24, 2.45) is 0 Å². The second-order valence-electron chi connectivity index (χ2n) is 6.67. The highest BCUT2D eigenvalue weighted by Gasteiger charge is 2.18. The molecule has 0 aliphatic rings. The molecule has 0 fully saturated rings. The first kappa shape index (κ1) is 18.3. The molecule has 6 nitrogen and oxygen atoms in total. The van der Waals surface area contributed by atoms with Gasteiger partial charge in [0.15, 0.2) is 0 Å². The van der Waals surface area contributed by atoms with Gasteiger partial charge in [0, 0.05) is 17.0 Å². The Balaban J connectivity index is 1.81. The number of nitro groups is 1. The number of aryl methyl sites for hydroxylation is 1. The van der Waals surface area contributed by atoms with Crippen LogP contribution >= 0.6 is 0 Å². The summed E-state index contributed by atoms with van der Waals surface area (Å²) in [5.74, 6) is -0.425. The van der Waals surface area contributed by atoms with Crippen molar-refractivity contribution in [1.29, 1.82) is 0 Å². The molecule has 0 aliphatic heterocycles. The molecule has 0 saturated heterocycles. The van der Waals surface area contributed by atoms with Gasteiger partial charge in [-0.1, -0.05) is 60.2 Å². The summed E-state index contributed by atoms with van der Waals surface area (Å²) in [4.78, 5) is 28.5. The van der Waals surface area contributed by atoms with Crippen LogP contribution in [0.4, 0.5) is 11.4 Å². The molecule has 0 spiro atoms. The average Bonchev–Trinajstić information content (AvgIpc) is 2.73. The Morgan fingerprint density at radius 2 is 1.66 bits per heavy atom. The van der Waals surface area contributed by atoms with Crippen LogP contribution in [-0.4, -0.2) is 15.8 Å². The summed E-state index contributed by atoms with van der Waals surface area (Å²) in [7, 11) is 0. The summed E-state index contributed by atoms with van der Waals surface area (Å²) in [6.07, 6.45) is 0. The number of rotatable bonds is 4. The number of amides is 1. The van der Waals surface area contributed by atoms with E-state index in [1.165, 1.54) is 12.1 Å². The second-order valence-corrected chi connectivity index (χ2v) is 6.67. The lowest BCUT2D eigenvalue weighted by molar-refractivity contribution is -0.383. The Morgan fingerprint density at radius 1 is 0.966 bits per heavy atom. The van der Waals surface area contributed by atoms with Gasteiger partial charge in [0.05, 0.1) is 21.7 Å². The molecule has 0 unspecified atom stereocenters. The van der Waals surface area contributed by atoms with E-state index in [2.05, 4.69) is 10.3 Å². The van der Waals surface area contributed by atoms with Crippen LogP contribution in [0.2, 0.25) is 0 Å². The molecule has 142 valence electrons. The lowest BCUT2D eigenvalue weighted by Crippen LogP contribution is -2.14. The molecule has 1 aromatic heterocycles. The van der Waals surface area contributed by atoms with Crippen LogP contribution < -0.4 is 5.32 Å². The van der Waals surface area contributed by atoms with Crippen molar-refractivity contribution in [2.75, 3.05) is 5.32 Å². The standard InChI is InChI=1S/C23H17N3O3/c1-15-10-12-16(13-11-15)21-14-18(17-6-2-3-7-19(17)24-21)23(27)25-20-8-4-5-9-22(20)26(28)29/h2-14H,1H3,(H,25,27). The quantitative estimate of drug-likeness (QED) is 0.379. The SMILES string of the molecule is Cc1ccc(-c2cc(C(=O)Nc3ccccc3[N+](=O)[O-])c3ccccc3n2)cc1. The zero-order chi connectivity index (χ0) is 20.4. The van der Waals surface area contributed by atoms with Crippen LogP contribution in [0.25, 0.3) is 22.2 Å².